The van der Waals surface area contributed by atoms with E-state index < -0.39 is 6.10 Å². The van der Waals surface area contributed by atoms with E-state index >= 15 is 0 Å². The van der Waals surface area contributed by atoms with Gasteiger partial charge in [0.2, 0.25) is 0 Å². The number of likely N-dealkylation sites (N-methyl/N-ethyl adjacent to an activating group) is 1. The van der Waals surface area contributed by atoms with Crippen molar-refractivity contribution >= 4 is 5.91 Å². The van der Waals surface area contributed by atoms with Crippen molar-refractivity contribution in [1.29, 1.82) is 0 Å². The van der Waals surface area contributed by atoms with Gasteiger partial charge in [-0.1, -0.05) is 24.3 Å². The number of aliphatic hydroxyl groups excluding tert-OH is 1. The Labute approximate surface area is 154 Å². The standard InChI is InChI=1S/C21H27N3O2/c1-22(2)18-15-7-4-5-8-16(15)21(19(18)25)10-13-24(14-11-21)20(26)17-9-6-12-23(17)3/h4-9,12,18-19,25H,10-11,13-14H2,1-3H3/t18-,19+/m0/s1. The van der Waals surface area contributed by atoms with Crippen molar-refractivity contribution in [2.75, 3.05) is 27.2 Å². The molecule has 0 unspecified atom stereocenters. The molecule has 1 fully saturated rings. The Morgan fingerprint density at radius 2 is 1.85 bits per heavy atom. The van der Waals surface area contributed by atoms with Crippen molar-refractivity contribution < 1.29 is 9.90 Å². The van der Waals surface area contributed by atoms with E-state index in [0.717, 1.165) is 18.5 Å². The first-order valence-electron chi connectivity index (χ1n) is 9.30. The number of amides is 1. The van der Waals surface area contributed by atoms with Gasteiger partial charge < -0.3 is 19.5 Å². The van der Waals surface area contributed by atoms with E-state index in [-0.39, 0.29) is 17.4 Å². The summed E-state index contributed by atoms with van der Waals surface area (Å²) in [5.74, 6) is 0.0808. The lowest BCUT2D eigenvalue weighted by Gasteiger charge is -2.43. The summed E-state index contributed by atoms with van der Waals surface area (Å²) in [6.45, 7) is 1.35. The molecule has 1 aromatic carbocycles. The predicted octanol–water partition coefficient (Wildman–Crippen LogP) is 2.18. The summed E-state index contributed by atoms with van der Waals surface area (Å²) in [6, 6.07) is 12.2. The molecule has 0 radical (unpaired) electrons. The van der Waals surface area contributed by atoms with Crippen LogP contribution in [0.2, 0.25) is 0 Å². The fourth-order valence-electron chi connectivity index (χ4n) is 4.92. The molecule has 26 heavy (non-hydrogen) atoms. The Morgan fingerprint density at radius 3 is 2.46 bits per heavy atom. The highest BCUT2D eigenvalue weighted by molar-refractivity contribution is 5.92. The van der Waals surface area contributed by atoms with Crippen molar-refractivity contribution in [2.24, 2.45) is 7.05 Å². The number of fused-ring (bicyclic) bond motifs is 2. The minimum Gasteiger partial charge on any atom is -0.390 e. The fourth-order valence-corrected chi connectivity index (χ4v) is 4.92. The van der Waals surface area contributed by atoms with Crippen molar-refractivity contribution in [1.82, 2.24) is 14.4 Å². The Kier molecular flexibility index (Phi) is 4.16. The molecule has 2 aliphatic rings. The van der Waals surface area contributed by atoms with Gasteiger partial charge in [0.25, 0.3) is 5.91 Å². The van der Waals surface area contributed by atoms with Crippen molar-refractivity contribution in [3.63, 3.8) is 0 Å². The second kappa shape index (κ2) is 6.25. The number of benzene rings is 1. The third kappa shape index (κ3) is 2.42. The number of aliphatic hydroxyl groups is 1. The summed E-state index contributed by atoms with van der Waals surface area (Å²) in [4.78, 5) is 16.9. The number of carbonyl (C=O) groups is 1. The first-order valence-corrected chi connectivity index (χ1v) is 9.30. The van der Waals surface area contributed by atoms with E-state index in [1.807, 2.05) is 48.9 Å². The van der Waals surface area contributed by atoms with E-state index in [9.17, 15) is 9.90 Å². The second-order valence-corrected chi connectivity index (χ2v) is 7.89. The molecule has 0 saturated carbocycles. The van der Waals surface area contributed by atoms with Gasteiger partial charge in [-0.2, -0.15) is 0 Å². The van der Waals surface area contributed by atoms with Gasteiger partial charge in [-0.25, -0.2) is 0 Å². The molecule has 1 aromatic heterocycles. The summed E-state index contributed by atoms with van der Waals surface area (Å²) in [6.07, 6.45) is 3.05. The highest BCUT2D eigenvalue weighted by Crippen LogP contribution is 2.52. The molecule has 2 heterocycles. The quantitative estimate of drug-likeness (QED) is 0.900. The van der Waals surface area contributed by atoms with Crippen LogP contribution in [0.1, 0.15) is 40.5 Å². The van der Waals surface area contributed by atoms with Gasteiger partial charge in [0.15, 0.2) is 0 Å². The van der Waals surface area contributed by atoms with Crippen LogP contribution < -0.4 is 0 Å². The van der Waals surface area contributed by atoms with E-state index in [0.29, 0.717) is 13.1 Å². The Morgan fingerprint density at radius 1 is 1.15 bits per heavy atom. The second-order valence-electron chi connectivity index (χ2n) is 7.89. The van der Waals surface area contributed by atoms with Crippen LogP contribution in [0.4, 0.5) is 0 Å². The lowest BCUT2D eigenvalue weighted by molar-refractivity contribution is -0.00160. The first kappa shape index (κ1) is 17.3. The van der Waals surface area contributed by atoms with Crippen LogP contribution in [0.25, 0.3) is 0 Å². The van der Waals surface area contributed by atoms with E-state index in [4.69, 9.17) is 0 Å². The maximum Gasteiger partial charge on any atom is 0.270 e. The number of hydrogen-bond acceptors (Lipinski definition) is 3. The lowest BCUT2D eigenvalue weighted by Crippen LogP contribution is -2.50. The molecule has 1 saturated heterocycles. The maximum absolute atomic E-state index is 12.8. The Balaban J connectivity index is 1.60. The zero-order chi connectivity index (χ0) is 18.5. The molecular weight excluding hydrogens is 326 g/mol. The van der Waals surface area contributed by atoms with Crippen LogP contribution in [0, 0.1) is 0 Å². The summed E-state index contributed by atoms with van der Waals surface area (Å²) >= 11 is 0. The van der Waals surface area contributed by atoms with Crippen LogP contribution in [0.5, 0.6) is 0 Å². The molecule has 5 heteroatoms. The van der Waals surface area contributed by atoms with Gasteiger partial charge in [0.05, 0.1) is 12.1 Å². The summed E-state index contributed by atoms with van der Waals surface area (Å²) < 4.78 is 1.87. The third-order valence-electron chi connectivity index (χ3n) is 6.34. The molecular formula is C21H27N3O2. The number of aryl methyl sites for hydroxylation is 1. The lowest BCUT2D eigenvalue weighted by atomic mass is 9.72. The Bertz CT molecular complexity index is 818. The summed E-state index contributed by atoms with van der Waals surface area (Å²) in [5.41, 5.74) is 2.96. The zero-order valence-corrected chi connectivity index (χ0v) is 15.7. The Hall–Kier alpha value is -2.11. The van der Waals surface area contributed by atoms with Crippen LogP contribution >= 0.6 is 0 Å². The van der Waals surface area contributed by atoms with Crippen LogP contribution in [0.3, 0.4) is 0 Å². The minimum atomic E-state index is -0.442. The highest BCUT2D eigenvalue weighted by Gasteiger charge is 2.53. The van der Waals surface area contributed by atoms with E-state index in [2.05, 4.69) is 29.2 Å². The number of likely N-dealkylation sites (tertiary alicyclic amines) is 1. The van der Waals surface area contributed by atoms with Gasteiger partial charge in [0.1, 0.15) is 5.69 Å². The molecule has 138 valence electrons. The van der Waals surface area contributed by atoms with Crippen LogP contribution in [0.15, 0.2) is 42.6 Å². The maximum atomic E-state index is 12.8. The number of carbonyl (C=O) groups excluding carboxylic acids is 1. The molecule has 2 atom stereocenters. The van der Waals surface area contributed by atoms with E-state index in [1.54, 1.807) is 0 Å². The molecule has 1 amide bonds. The van der Waals surface area contributed by atoms with Crippen molar-refractivity contribution in [2.45, 2.75) is 30.4 Å². The number of piperidine rings is 1. The molecule has 1 aliphatic heterocycles. The molecule has 1 aliphatic carbocycles. The average Bonchev–Trinajstić information content (AvgIpc) is 3.16. The third-order valence-corrected chi connectivity index (χ3v) is 6.34. The zero-order valence-electron chi connectivity index (χ0n) is 15.7. The summed E-state index contributed by atoms with van der Waals surface area (Å²) in [7, 11) is 5.95. The van der Waals surface area contributed by atoms with E-state index in [1.165, 1.54) is 11.1 Å². The van der Waals surface area contributed by atoms with Gasteiger partial charge >= 0.3 is 0 Å². The van der Waals surface area contributed by atoms with Crippen molar-refractivity contribution in [3.8, 4) is 0 Å². The van der Waals surface area contributed by atoms with Gasteiger partial charge in [-0.05, 0) is 50.2 Å². The molecule has 2 aromatic rings. The molecule has 1 N–H and O–H groups in total. The fraction of sp³-hybridized carbons (Fsp3) is 0.476. The minimum absolute atomic E-state index is 0.0151. The molecule has 4 rings (SSSR count). The predicted molar refractivity (Wildman–Crippen MR) is 101 cm³/mol. The van der Waals surface area contributed by atoms with Gasteiger partial charge in [-0.3, -0.25) is 4.79 Å². The molecule has 5 nitrogen and oxygen atoms in total. The molecule has 1 spiro atoms. The van der Waals surface area contributed by atoms with Crippen LogP contribution in [-0.4, -0.2) is 58.7 Å². The SMILES string of the molecule is CN(C)[C@H]1c2ccccc2C2(CCN(C(=O)c3cccn3C)CC2)[C@@H]1O. The number of nitrogens with zero attached hydrogens (tertiary/aromatic N) is 3. The number of rotatable bonds is 2. The average molecular weight is 353 g/mol. The topological polar surface area (TPSA) is 48.7 Å². The smallest absolute Gasteiger partial charge is 0.270 e. The monoisotopic (exact) mass is 353 g/mol. The van der Waals surface area contributed by atoms with Crippen LogP contribution in [-0.2, 0) is 12.5 Å². The molecule has 0 bridgehead atoms. The van der Waals surface area contributed by atoms with Gasteiger partial charge in [0, 0.05) is 31.7 Å². The van der Waals surface area contributed by atoms with Gasteiger partial charge in [-0.15, -0.1) is 0 Å². The van der Waals surface area contributed by atoms with Crippen molar-refractivity contribution in [3.05, 3.63) is 59.4 Å². The first-order chi connectivity index (χ1) is 12.5. The normalized spacial score (nSPS) is 24.3. The summed E-state index contributed by atoms with van der Waals surface area (Å²) in [5, 5.41) is 11.3. The number of aromatic nitrogens is 1. The largest absolute Gasteiger partial charge is 0.390 e. The number of hydrogen-bond donors (Lipinski definition) is 1. The highest BCUT2D eigenvalue weighted by atomic mass is 16.3.